The zero-order valence-electron chi connectivity index (χ0n) is 9.39. The molecule has 2 rings (SSSR count). The molecule has 0 bridgehead atoms. The van der Waals surface area contributed by atoms with Crippen molar-refractivity contribution in [1.82, 2.24) is 19.1 Å². The van der Waals surface area contributed by atoms with Crippen molar-refractivity contribution in [1.29, 1.82) is 0 Å². The van der Waals surface area contributed by atoms with Crippen LogP contribution in [0.15, 0.2) is 15.8 Å². The lowest BCUT2D eigenvalue weighted by molar-refractivity contribution is 0.703. The maximum absolute atomic E-state index is 11.8. The third-order valence-electron chi connectivity index (χ3n) is 2.56. The van der Waals surface area contributed by atoms with Crippen LogP contribution < -0.4 is 11.2 Å². The van der Waals surface area contributed by atoms with Gasteiger partial charge in [0, 0.05) is 26.7 Å². The lowest BCUT2D eigenvalue weighted by atomic mass is 10.3. The van der Waals surface area contributed by atoms with Crippen molar-refractivity contribution in [2.45, 2.75) is 13.3 Å². The maximum Gasteiger partial charge on any atom is 0.332 e. The van der Waals surface area contributed by atoms with Crippen molar-refractivity contribution in [3.05, 3.63) is 32.9 Å². The number of hydrogen-bond acceptors (Lipinski definition) is 4. The zero-order valence-corrected chi connectivity index (χ0v) is 9.39. The first kappa shape index (κ1) is 10.5. The molecule has 2 aromatic rings. The molecule has 0 aliphatic carbocycles. The van der Waals surface area contributed by atoms with Crippen LogP contribution in [0.25, 0.3) is 11.0 Å². The van der Waals surface area contributed by atoms with Crippen molar-refractivity contribution in [2.24, 2.45) is 14.1 Å². The van der Waals surface area contributed by atoms with Gasteiger partial charge < -0.3 is 0 Å². The highest BCUT2D eigenvalue weighted by Crippen LogP contribution is 2.02. The highest BCUT2D eigenvalue weighted by atomic mass is 16.2. The Bertz CT molecular complexity index is 669. The lowest BCUT2D eigenvalue weighted by Crippen LogP contribution is -2.37. The molecule has 6 nitrogen and oxygen atoms in total. The minimum atomic E-state index is -0.377. The Hall–Kier alpha value is -1.98. The van der Waals surface area contributed by atoms with Crippen LogP contribution in [-0.4, -0.2) is 19.1 Å². The summed E-state index contributed by atoms with van der Waals surface area (Å²) in [4.78, 5) is 31.7. The van der Waals surface area contributed by atoms with Crippen LogP contribution in [-0.2, 0) is 20.5 Å². The summed E-state index contributed by atoms with van der Waals surface area (Å²) in [6.45, 7) is 1.92. The van der Waals surface area contributed by atoms with Gasteiger partial charge in [-0.1, -0.05) is 6.92 Å². The molecule has 84 valence electrons. The van der Waals surface area contributed by atoms with Crippen molar-refractivity contribution in [3.63, 3.8) is 0 Å². The van der Waals surface area contributed by atoms with Crippen molar-refractivity contribution >= 4 is 11.0 Å². The minimum Gasteiger partial charge on any atom is -0.280 e. The van der Waals surface area contributed by atoms with Gasteiger partial charge in [-0.05, 0) is 0 Å². The second-order valence-electron chi connectivity index (χ2n) is 3.58. The molecule has 0 spiro atoms. The molecule has 0 aliphatic rings. The Labute approximate surface area is 91.2 Å². The van der Waals surface area contributed by atoms with Gasteiger partial charge in [-0.25, -0.2) is 14.8 Å². The Morgan fingerprint density at radius 3 is 2.56 bits per heavy atom. The summed E-state index contributed by atoms with van der Waals surface area (Å²) in [6.07, 6.45) is 2.14. The molecule has 0 atom stereocenters. The first-order chi connectivity index (χ1) is 7.56. The van der Waals surface area contributed by atoms with Crippen LogP contribution in [0.2, 0.25) is 0 Å². The summed E-state index contributed by atoms with van der Waals surface area (Å²) in [5.41, 5.74) is -0.348. The molecule has 0 fully saturated rings. The van der Waals surface area contributed by atoms with E-state index >= 15 is 0 Å². The molecule has 0 unspecified atom stereocenters. The summed E-state index contributed by atoms with van der Waals surface area (Å²) in [7, 11) is 3.04. The van der Waals surface area contributed by atoms with Gasteiger partial charge >= 0.3 is 5.69 Å². The van der Waals surface area contributed by atoms with Crippen LogP contribution in [0.4, 0.5) is 0 Å². The summed E-state index contributed by atoms with van der Waals surface area (Å²) in [6, 6.07) is 0. The first-order valence-corrected chi connectivity index (χ1v) is 4.98. The highest BCUT2D eigenvalue weighted by Gasteiger charge is 2.10. The fraction of sp³-hybridized carbons (Fsp3) is 0.400. The third-order valence-corrected chi connectivity index (χ3v) is 2.56. The van der Waals surface area contributed by atoms with Gasteiger partial charge in [-0.15, -0.1) is 0 Å². The molecule has 2 aromatic heterocycles. The molecule has 16 heavy (non-hydrogen) atoms. The van der Waals surface area contributed by atoms with E-state index in [-0.39, 0.29) is 11.2 Å². The van der Waals surface area contributed by atoms with E-state index in [1.54, 1.807) is 7.05 Å². The second-order valence-corrected chi connectivity index (χ2v) is 3.58. The molecule has 0 saturated heterocycles. The standard InChI is InChI=1S/C10H12N4O2/c1-4-7-11-5-6-8(12-7)13(2)10(16)14(3)9(6)15/h5H,4H2,1-3H3. The van der Waals surface area contributed by atoms with Crippen LogP contribution in [0, 0.1) is 0 Å². The molecule has 0 saturated carbocycles. The average molecular weight is 220 g/mol. The Kier molecular flexibility index (Phi) is 2.34. The summed E-state index contributed by atoms with van der Waals surface area (Å²) < 4.78 is 2.41. The minimum absolute atomic E-state index is 0.360. The van der Waals surface area contributed by atoms with Crippen LogP contribution in [0.5, 0.6) is 0 Å². The van der Waals surface area contributed by atoms with E-state index in [9.17, 15) is 9.59 Å². The Morgan fingerprint density at radius 2 is 1.94 bits per heavy atom. The van der Waals surface area contributed by atoms with E-state index < -0.39 is 0 Å². The van der Waals surface area contributed by atoms with E-state index in [0.29, 0.717) is 23.3 Å². The predicted molar refractivity (Wildman–Crippen MR) is 59.4 cm³/mol. The molecular weight excluding hydrogens is 208 g/mol. The molecule has 0 N–H and O–H groups in total. The van der Waals surface area contributed by atoms with Gasteiger partial charge in [-0.3, -0.25) is 13.9 Å². The van der Waals surface area contributed by atoms with Crippen LogP contribution >= 0.6 is 0 Å². The van der Waals surface area contributed by atoms with Gasteiger partial charge in [0.2, 0.25) is 0 Å². The SMILES string of the molecule is CCc1ncc2c(=O)n(C)c(=O)n(C)c2n1. The van der Waals surface area contributed by atoms with E-state index in [2.05, 4.69) is 9.97 Å². The number of nitrogens with zero attached hydrogens (tertiary/aromatic N) is 4. The van der Waals surface area contributed by atoms with Crippen LogP contribution in [0.3, 0.4) is 0 Å². The fourth-order valence-electron chi connectivity index (χ4n) is 1.57. The molecule has 0 aliphatic heterocycles. The van der Waals surface area contributed by atoms with E-state index in [1.807, 2.05) is 6.92 Å². The van der Waals surface area contributed by atoms with E-state index in [1.165, 1.54) is 17.8 Å². The number of aryl methyl sites for hydroxylation is 2. The maximum atomic E-state index is 11.8. The van der Waals surface area contributed by atoms with E-state index in [0.717, 1.165) is 4.57 Å². The second kappa shape index (κ2) is 3.55. The summed E-state index contributed by atoms with van der Waals surface area (Å²) in [5.74, 6) is 0.621. The largest absolute Gasteiger partial charge is 0.332 e. The van der Waals surface area contributed by atoms with Gasteiger partial charge in [-0.2, -0.15) is 0 Å². The topological polar surface area (TPSA) is 69.8 Å². The van der Waals surface area contributed by atoms with Crippen LogP contribution in [0.1, 0.15) is 12.7 Å². The fourth-order valence-corrected chi connectivity index (χ4v) is 1.57. The normalized spacial score (nSPS) is 10.9. The van der Waals surface area contributed by atoms with Gasteiger partial charge in [0.25, 0.3) is 5.56 Å². The molecule has 6 heteroatoms. The lowest BCUT2D eigenvalue weighted by Gasteiger charge is -2.06. The summed E-state index contributed by atoms with van der Waals surface area (Å²) in [5, 5.41) is 0.363. The predicted octanol–water partition coefficient (Wildman–Crippen LogP) is -0.410. The zero-order chi connectivity index (χ0) is 11.9. The smallest absolute Gasteiger partial charge is 0.280 e. The number of aromatic nitrogens is 4. The molecule has 0 aromatic carbocycles. The Balaban J connectivity index is 3.03. The van der Waals surface area contributed by atoms with Gasteiger partial charge in [0.15, 0.2) is 5.65 Å². The van der Waals surface area contributed by atoms with Crippen molar-refractivity contribution in [3.8, 4) is 0 Å². The van der Waals surface area contributed by atoms with E-state index in [4.69, 9.17) is 0 Å². The monoisotopic (exact) mass is 220 g/mol. The Morgan fingerprint density at radius 1 is 1.25 bits per heavy atom. The first-order valence-electron chi connectivity index (χ1n) is 4.98. The average Bonchev–Trinajstić information content (AvgIpc) is 2.33. The molecule has 0 amide bonds. The van der Waals surface area contributed by atoms with Gasteiger partial charge in [0.1, 0.15) is 11.2 Å². The third kappa shape index (κ3) is 1.34. The number of rotatable bonds is 1. The van der Waals surface area contributed by atoms with Crippen molar-refractivity contribution in [2.75, 3.05) is 0 Å². The van der Waals surface area contributed by atoms with Gasteiger partial charge in [0.05, 0.1) is 0 Å². The quantitative estimate of drug-likeness (QED) is 0.655. The highest BCUT2D eigenvalue weighted by molar-refractivity contribution is 5.72. The molecule has 2 heterocycles. The number of fused-ring (bicyclic) bond motifs is 1. The van der Waals surface area contributed by atoms with Crippen molar-refractivity contribution < 1.29 is 0 Å². The molecular formula is C10H12N4O2. The summed E-state index contributed by atoms with van der Waals surface area (Å²) >= 11 is 0. The molecule has 0 radical (unpaired) electrons. The number of hydrogen-bond donors (Lipinski definition) is 0.